The summed E-state index contributed by atoms with van der Waals surface area (Å²) in [6.45, 7) is 4.20. The smallest absolute Gasteiger partial charge is 0.346 e. The molecule has 0 radical (unpaired) electrons. The van der Waals surface area contributed by atoms with E-state index in [1.54, 1.807) is 18.2 Å². The van der Waals surface area contributed by atoms with Crippen molar-refractivity contribution in [3.05, 3.63) is 69.9 Å². The Morgan fingerprint density at radius 1 is 1.10 bits per heavy atom. The summed E-state index contributed by atoms with van der Waals surface area (Å²) in [4.78, 5) is 16.1. The van der Waals surface area contributed by atoms with Gasteiger partial charge in [-0.3, -0.25) is 0 Å². The van der Waals surface area contributed by atoms with E-state index in [2.05, 4.69) is 4.98 Å². The van der Waals surface area contributed by atoms with Crippen molar-refractivity contribution in [3.63, 3.8) is 0 Å². The first-order valence-electron chi connectivity index (χ1n) is 6.72. The molecule has 21 heavy (non-hydrogen) atoms. The molecule has 106 valence electrons. The van der Waals surface area contributed by atoms with Gasteiger partial charge in [0.2, 0.25) is 5.89 Å². The predicted octanol–water partition coefficient (Wildman–Crippen LogP) is 3.38. The number of ether oxygens (including phenoxy) is 1. The number of nitrogens with zero attached hydrogens (tertiary/aromatic N) is 1. The molecule has 0 fully saturated rings. The second-order valence-electron chi connectivity index (χ2n) is 4.95. The summed E-state index contributed by atoms with van der Waals surface area (Å²) in [7, 11) is 0. The van der Waals surface area contributed by atoms with Crippen LogP contribution in [-0.2, 0) is 6.61 Å². The fourth-order valence-corrected chi connectivity index (χ4v) is 2.07. The van der Waals surface area contributed by atoms with Crippen LogP contribution < -0.4 is 10.4 Å². The monoisotopic (exact) mass is 281 g/mol. The highest BCUT2D eigenvalue weighted by atomic mass is 16.5. The van der Waals surface area contributed by atoms with Gasteiger partial charge in [0.1, 0.15) is 5.75 Å². The van der Waals surface area contributed by atoms with Crippen LogP contribution in [0.15, 0.2) is 51.7 Å². The average Bonchev–Trinajstić information content (AvgIpc) is 2.49. The van der Waals surface area contributed by atoms with Gasteiger partial charge in [-0.05, 0) is 49.2 Å². The Morgan fingerprint density at radius 2 is 1.90 bits per heavy atom. The van der Waals surface area contributed by atoms with E-state index >= 15 is 0 Å². The molecule has 3 aromatic rings. The minimum Gasteiger partial charge on any atom is -0.484 e. The van der Waals surface area contributed by atoms with E-state index in [0.717, 1.165) is 11.3 Å². The fourth-order valence-electron chi connectivity index (χ4n) is 2.07. The minimum absolute atomic E-state index is 0.128. The standard InChI is InChI=1S/C17H15NO3/c1-11-7-8-13(9-12(11)2)20-10-16-18-15-6-4-3-5-14(15)17(19)21-16/h3-9H,10H2,1-2H3. The molecule has 0 atom stereocenters. The summed E-state index contributed by atoms with van der Waals surface area (Å²) in [5.74, 6) is 1.01. The normalized spacial score (nSPS) is 10.8. The SMILES string of the molecule is Cc1ccc(OCc2nc3ccccc3c(=O)o2)cc1C. The molecular weight excluding hydrogens is 266 g/mol. The zero-order valence-electron chi connectivity index (χ0n) is 11.9. The topological polar surface area (TPSA) is 52.3 Å². The third-order valence-electron chi connectivity index (χ3n) is 3.42. The number of rotatable bonds is 3. The number of para-hydroxylation sites is 1. The second-order valence-corrected chi connectivity index (χ2v) is 4.95. The van der Waals surface area contributed by atoms with Crippen molar-refractivity contribution < 1.29 is 9.15 Å². The lowest BCUT2D eigenvalue weighted by Gasteiger charge is -2.07. The number of fused-ring (bicyclic) bond motifs is 1. The van der Waals surface area contributed by atoms with Crippen molar-refractivity contribution in [2.75, 3.05) is 0 Å². The number of aromatic nitrogens is 1. The molecule has 0 aliphatic heterocycles. The minimum atomic E-state index is -0.390. The van der Waals surface area contributed by atoms with E-state index < -0.39 is 0 Å². The van der Waals surface area contributed by atoms with E-state index in [-0.39, 0.29) is 18.1 Å². The Bertz CT molecular complexity index is 852. The number of hydrogen-bond acceptors (Lipinski definition) is 4. The van der Waals surface area contributed by atoms with Crippen LogP contribution in [0.1, 0.15) is 17.0 Å². The van der Waals surface area contributed by atoms with E-state index in [1.165, 1.54) is 5.56 Å². The van der Waals surface area contributed by atoms with Crippen LogP contribution in [0.5, 0.6) is 5.75 Å². The molecule has 0 spiro atoms. The van der Waals surface area contributed by atoms with Gasteiger partial charge in [-0.15, -0.1) is 0 Å². The summed E-state index contributed by atoms with van der Waals surface area (Å²) in [5, 5.41) is 0.479. The third-order valence-corrected chi connectivity index (χ3v) is 3.42. The van der Waals surface area contributed by atoms with E-state index in [1.807, 2.05) is 38.1 Å². The lowest BCUT2D eigenvalue weighted by molar-refractivity contribution is 0.253. The summed E-state index contributed by atoms with van der Waals surface area (Å²) in [6.07, 6.45) is 0. The van der Waals surface area contributed by atoms with Crippen LogP contribution in [0.2, 0.25) is 0 Å². The van der Waals surface area contributed by atoms with Crippen molar-refractivity contribution in [2.45, 2.75) is 20.5 Å². The molecule has 1 aromatic heterocycles. The Hall–Kier alpha value is -2.62. The third kappa shape index (κ3) is 2.79. The van der Waals surface area contributed by atoms with Crippen LogP contribution in [0.4, 0.5) is 0 Å². The van der Waals surface area contributed by atoms with Gasteiger partial charge in [-0.25, -0.2) is 9.78 Å². The highest BCUT2D eigenvalue weighted by molar-refractivity contribution is 5.76. The van der Waals surface area contributed by atoms with Gasteiger partial charge in [0, 0.05) is 0 Å². The molecule has 0 N–H and O–H groups in total. The van der Waals surface area contributed by atoms with Gasteiger partial charge in [0.15, 0.2) is 6.61 Å². The van der Waals surface area contributed by atoms with Gasteiger partial charge in [0.25, 0.3) is 0 Å². The molecule has 0 saturated carbocycles. The molecule has 0 aliphatic rings. The molecule has 2 aromatic carbocycles. The molecule has 0 bridgehead atoms. The van der Waals surface area contributed by atoms with Crippen molar-refractivity contribution in [1.82, 2.24) is 4.98 Å². The average molecular weight is 281 g/mol. The van der Waals surface area contributed by atoms with Gasteiger partial charge in [-0.2, -0.15) is 0 Å². The van der Waals surface area contributed by atoms with Crippen LogP contribution in [-0.4, -0.2) is 4.98 Å². The van der Waals surface area contributed by atoms with Crippen molar-refractivity contribution in [1.29, 1.82) is 0 Å². The molecule has 0 aliphatic carbocycles. The quantitative estimate of drug-likeness (QED) is 0.738. The van der Waals surface area contributed by atoms with Crippen LogP contribution >= 0.6 is 0 Å². The van der Waals surface area contributed by atoms with Gasteiger partial charge in [0.05, 0.1) is 10.9 Å². The molecule has 4 nitrogen and oxygen atoms in total. The Morgan fingerprint density at radius 3 is 2.71 bits per heavy atom. The number of benzene rings is 2. The van der Waals surface area contributed by atoms with E-state index in [0.29, 0.717) is 10.9 Å². The van der Waals surface area contributed by atoms with Crippen molar-refractivity contribution in [2.24, 2.45) is 0 Å². The lowest BCUT2D eigenvalue weighted by Crippen LogP contribution is -2.07. The maximum Gasteiger partial charge on any atom is 0.346 e. The molecule has 3 rings (SSSR count). The number of hydrogen-bond donors (Lipinski definition) is 0. The Kier molecular flexibility index (Phi) is 3.44. The first kappa shape index (κ1) is 13.4. The van der Waals surface area contributed by atoms with Gasteiger partial charge in [-0.1, -0.05) is 18.2 Å². The molecule has 4 heteroatoms. The fraction of sp³-hybridized carbons (Fsp3) is 0.176. The second kappa shape index (κ2) is 5.40. The maximum atomic E-state index is 11.8. The molecule has 0 unspecified atom stereocenters. The van der Waals surface area contributed by atoms with E-state index in [9.17, 15) is 4.79 Å². The summed E-state index contributed by atoms with van der Waals surface area (Å²) in [5.41, 5.74) is 2.59. The molecule has 0 amide bonds. The summed E-state index contributed by atoms with van der Waals surface area (Å²) < 4.78 is 10.8. The molecule has 0 saturated heterocycles. The zero-order valence-corrected chi connectivity index (χ0v) is 11.9. The summed E-state index contributed by atoms with van der Waals surface area (Å²) >= 11 is 0. The van der Waals surface area contributed by atoms with Gasteiger partial charge < -0.3 is 9.15 Å². The highest BCUT2D eigenvalue weighted by Gasteiger charge is 2.06. The predicted molar refractivity (Wildman–Crippen MR) is 80.5 cm³/mol. The first-order valence-corrected chi connectivity index (χ1v) is 6.72. The van der Waals surface area contributed by atoms with Crippen LogP contribution in [0, 0.1) is 13.8 Å². The molecular formula is C17H15NO3. The van der Waals surface area contributed by atoms with Crippen molar-refractivity contribution >= 4 is 10.9 Å². The molecule has 1 heterocycles. The van der Waals surface area contributed by atoms with Crippen molar-refractivity contribution in [3.8, 4) is 5.75 Å². The lowest BCUT2D eigenvalue weighted by atomic mass is 10.1. The Labute approximate surface area is 122 Å². The highest BCUT2D eigenvalue weighted by Crippen LogP contribution is 2.17. The zero-order chi connectivity index (χ0) is 14.8. The van der Waals surface area contributed by atoms with Crippen LogP contribution in [0.25, 0.3) is 10.9 Å². The Balaban J connectivity index is 1.85. The first-order chi connectivity index (χ1) is 10.1. The maximum absolute atomic E-state index is 11.8. The van der Waals surface area contributed by atoms with Gasteiger partial charge >= 0.3 is 5.63 Å². The summed E-state index contributed by atoms with van der Waals surface area (Å²) in [6, 6.07) is 12.9. The number of aryl methyl sites for hydroxylation is 2. The van der Waals surface area contributed by atoms with Crippen LogP contribution in [0.3, 0.4) is 0 Å². The van der Waals surface area contributed by atoms with E-state index in [4.69, 9.17) is 9.15 Å². The largest absolute Gasteiger partial charge is 0.484 e.